The molecule has 2 aromatic rings. The second kappa shape index (κ2) is 9.66. The number of nitrogens with zero attached hydrogens (tertiary/aromatic N) is 3. The topological polar surface area (TPSA) is 82.6 Å². The highest BCUT2D eigenvalue weighted by molar-refractivity contribution is 7.90. The monoisotopic (exact) mass is 552 g/mol. The van der Waals surface area contributed by atoms with Gasteiger partial charge in [0.2, 0.25) is 5.91 Å². The number of carbonyl (C=O) groups is 1. The number of rotatable bonds is 5. The van der Waals surface area contributed by atoms with Crippen molar-refractivity contribution in [1.29, 1.82) is 0 Å². The summed E-state index contributed by atoms with van der Waals surface area (Å²) in [5.41, 5.74) is -1.24. The van der Waals surface area contributed by atoms with Gasteiger partial charge in [-0.25, -0.2) is 22.2 Å². The SMILES string of the molecule is CS(=O)(=O)c1cc(F)c(NC2CCN(C3CCN(c4ncc(C(F)(F)F)cc4Cl)CC3)C2=O)cc1F. The number of nitrogens with one attached hydrogen (secondary N) is 1. The van der Waals surface area contributed by atoms with E-state index in [2.05, 4.69) is 10.3 Å². The van der Waals surface area contributed by atoms with Crippen LogP contribution in [0.2, 0.25) is 5.02 Å². The van der Waals surface area contributed by atoms with Crippen LogP contribution in [0.1, 0.15) is 24.8 Å². The van der Waals surface area contributed by atoms with Gasteiger partial charge in [0.25, 0.3) is 0 Å². The predicted molar refractivity (Wildman–Crippen MR) is 123 cm³/mol. The summed E-state index contributed by atoms with van der Waals surface area (Å²) in [6.07, 6.45) is -1.68. The average Bonchev–Trinajstić information content (AvgIpc) is 3.14. The Hall–Kier alpha value is -2.67. The summed E-state index contributed by atoms with van der Waals surface area (Å²) in [4.78, 5) is 19.5. The van der Waals surface area contributed by atoms with Crippen LogP contribution < -0.4 is 10.2 Å². The third-order valence-electron chi connectivity index (χ3n) is 6.34. The van der Waals surface area contributed by atoms with E-state index in [0.29, 0.717) is 45.0 Å². The summed E-state index contributed by atoms with van der Waals surface area (Å²) in [5, 5.41) is 2.57. The van der Waals surface area contributed by atoms with Crippen LogP contribution in [0.4, 0.5) is 33.5 Å². The molecule has 2 aliphatic rings. The van der Waals surface area contributed by atoms with Crippen molar-refractivity contribution < 1.29 is 35.2 Å². The summed E-state index contributed by atoms with van der Waals surface area (Å²) in [5.74, 6) is -2.17. The number of alkyl halides is 3. The fourth-order valence-corrected chi connectivity index (χ4v) is 5.53. The standard InChI is InChI=1S/C22H22ClF5N4O3S/c1-36(34,35)19-10-15(24)18(9-16(19)25)30-17-4-7-32(21(17)33)13-2-5-31(6-3-13)20-14(23)8-12(11-29-20)22(26,27)28/h8-11,13,17,30H,2-7H2,1H3. The molecule has 0 bridgehead atoms. The number of pyridine rings is 1. The van der Waals surface area contributed by atoms with Crippen LogP contribution in [-0.4, -0.2) is 62.2 Å². The number of hydrogen-bond acceptors (Lipinski definition) is 6. The summed E-state index contributed by atoms with van der Waals surface area (Å²) in [6.45, 7) is 1.21. The average molecular weight is 553 g/mol. The van der Waals surface area contributed by atoms with Gasteiger partial charge in [-0.3, -0.25) is 4.79 Å². The molecule has 0 aliphatic carbocycles. The molecule has 1 unspecified atom stereocenters. The highest BCUT2D eigenvalue weighted by Gasteiger charge is 2.38. The summed E-state index contributed by atoms with van der Waals surface area (Å²) < 4.78 is 90.3. The van der Waals surface area contributed by atoms with E-state index in [9.17, 15) is 35.2 Å². The highest BCUT2D eigenvalue weighted by Crippen LogP contribution is 2.35. The lowest BCUT2D eigenvalue weighted by Gasteiger charge is -2.37. The Kier molecular flexibility index (Phi) is 7.08. The first-order chi connectivity index (χ1) is 16.8. The molecule has 2 fully saturated rings. The van der Waals surface area contributed by atoms with E-state index in [1.54, 1.807) is 9.80 Å². The van der Waals surface area contributed by atoms with Gasteiger partial charge in [0.05, 0.1) is 16.3 Å². The Morgan fingerprint density at radius 1 is 1.06 bits per heavy atom. The minimum atomic E-state index is -4.55. The van der Waals surface area contributed by atoms with Crippen LogP contribution in [0, 0.1) is 11.6 Å². The number of likely N-dealkylation sites (tertiary alicyclic amines) is 1. The van der Waals surface area contributed by atoms with Gasteiger partial charge in [0, 0.05) is 44.2 Å². The molecule has 1 N–H and O–H groups in total. The Balaban J connectivity index is 1.38. The molecule has 0 radical (unpaired) electrons. The quantitative estimate of drug-likeness (QED) is 0.562. The van der Waals surface area contributed by atoms with Crippen LogP contribution in [-0.2, 0) is 20.8 Å². The number of carbonyl (C=O) groups excluding carboxylic acids is 1. The van der Waals surface area contributed by atoms with Crippen molar-refractivity contribution in [2.45, 2.75) is 42.4 Å². The van der Waals surface area contributed by atoms with E-state index >= 15 is 0 Å². The second-order valence-corrected chi connectivity index (χ2v) is 11.2. The van der Waals surface area contributed by atoms with Crippen LogP contribution in [0.3, 0.4) is 0 Å². The fourth-order valence-electron chi connectivity index (χ4n) is 4.52. The van der Waals surface area contributed by atoms with E-state index in [4.69, 9.17) is 11.6 Å². The number of aromatic nitrogens is 1. The van der Waals surface area contributed by atoms with Gasteiger partial charge >= 0.3 is 6.18 Å². The maximum Gasteiger partial charge on any atom is 0.417 e. The van der Waals surface area contributed by atoms with Gasteiger partial charge in [0.1, 0.15) is 28.4 Å². The third kappa shape index (κ3) is 5.36. The number of amides is 1. The molecular formula is C22H22ClF5N4O3S. The molecule has 1 atom stereocenters. The van der Waals surface area contributed by atoms with Gasteiger partial charge in [-0.15, -0.1) is 0 Å². The van der Waals surface area contributed by atoms with Crippen LogP contribution >= 0.6 is 11.6 Å². The molecule has 36 heavy (non-hydrogen) atoms. The number of piperidine rings is 1. The van der Waals surface area contributed by atoms with Crippen molar-refractivity contribution in [2.75, 3.05) is 36.1 Å². The highest BCUT2D eigenvalue weighted by atomic mass is 35.5. The lowest BCUT2D eigenvalue weighted by atomic mass is 10.0. The summed E-state index contributed by atoms with van der Waals surface area (Å²) >= 11 is 6.04. The number of benzene rings is 1. The minimum absolute atomic E-state index is 0.110. The number of sulfone groups is 1. The first-order valence-electron chi connectivity index (χ1n) is 11.0. The third-order valence-corrected chi connectivity index (χ3v) is 7.73. The fraction of sp³-hybridized carbons (Fsp3) is 0.455. The maximum atomic E-state index is 14.4. The molecule has 2 saturated heterocycles. The Labute approximate surface area is 209 Å². The first-order valence-corrected chi connectivity index (χ1v) is 13.3. The maximum absolute atomic E-state index is 14.4. The van der Waals surface area contributed by atoms with E-state index < -0.39 is 44.1 Å². The molecule has 1 aromatic heterocycles. The van der Waals surface area contributed by atoms with Crippen molar-refractivity contribution in [3.05, 3.63) is 46.6 Å². The van der Waals surface area contributed by atoms with Crippen molar-refractivity contribution in [3.63, 3.8) is 0 Å². The van der Waals surface area contributed by atoms with Crippen molar-refractivity contribution in [1.82, 2.24) is 9.88 Å². The van der Waals surface area contributed by atoms with Gasteiger partial charge in [-0.05, 0) is 31.4 Å². The minimum Gasteiger partial charge on any atom is -0.371 e. The second-order valence-electron chi connectivity index (χ2n) is 8.80. The van der Waals surface area contributed by atoms with Crippen molar-refractivity contribution >= 4 is 38.9 Å². The van der Waals surface area contributed by atoms with E-state index in [1.165, 1.54) is 0 Å². The van der Waals surface area contributed by atoms with E-state index in [0.717, 1.165) is 24.6 Å². The molecule has 1 aromatic carbocycles. The van der Waals surface area contributed by atoms with Gasteiger partial charge < -0.3 is 15.1 Å². The van der Waals surface area contributed by atoms with Gasteiger partial charge in [0.15, 0.2) is 9.84 Å². The summed E-state index contributed by atoms with van der Waals surface area (Å²) in [6, 6.07) is 1.18. The Morgan fingerprint density at radius 2 is 1.72 bits per heavy atom. The molecule has 3 heterocycles. The molecule has 0 saturated carbocycles. The normalized spacial score (nSPS) is 19.8. The number of hydrogen-bond donors (Lipinski definition) is 1. The lowest BCUT2D eigenvalue weighted by molar-refractivity contribution is -0.137. The Morgan fingerprint density at radius 3 is 2.31 bits per heavy atom. The molecular weight excluding hydrogens is 531 g/mol. The van der Waals surface area contributed by atoms with E-state index in [1.807, 2.05) is 0 Å². The zero-order valence-electron chi connectivity index (χ0n) is 18.9. The molecule has 0 spiro atoms. The number of anilines is 2. The van der Waals surface area contributed by atoms with Crippen molar-refractivity contribution in [3.8, 4) is 0 Å². The van der Waals surface area contributed by atoms with Crippen LogP contribution in [0.5, 0.6) is 0 Å². The predicted octanol–water partition coefficient (Wildman–Crippen LogP) is 4.12. The zero-order valence-corrected chi connectivity index (χ0v) is 20.5. The molecule has 7 nitrogen and oxygen atoms in total. The molecule has 2 aliphatic heterocycles. The van der Waals surface area contributed by atoms with Gasteiger partial charge in [-0.1, -0.05) is 11.6 Å². The van der Waals surface area contributed by atoms with Crippen LogP contribution in [0.15, 0.2) is 29.3 Å². The summed E-state index contributed by atoms with van der Waals surface area (Å²) in [7, 11) is -3.95. The molecule has 14 heteroatoms. The first kappa shape index (κ1) is 26.4. The van der Waals surface area contributed by atoms with Crippen molar-refractivity contribution in [2.24, 2.45) is 0 Å². The Bertz CT molecular complexity index is 1280. The molecule has 1 amide bonds. The van der Waals surface area contributed by atoms with Crippen LogP contribution in [0.25, 0.3) is 0 Å². The smallest absolute Gasteiger partial charge is 0.371 e. The molecule has 196 valence electrons. The van der Waals surface area contributed by atoms with Gasteiger partial charge in [-0.2, -0.15) is 13.2 Å². The lowest BCUT2D eigenvalue weighted by Crippen LogP contribution is -2.47. The molecule has 4 rings (SSSR count). The number of halogens is 6. The largest absolute Gasteiger partial charge is 0.417 e. The van der Waals surface area contributed by atoms with E-state index in [-0.39, 0.29) is 28.5 Å². The zero-order chi connectivity index (χ0) is 26.4.